The van der Waals surface area contributed by atoms with Crippen LogP contribution in [0.25, 0.3) is 0 Å². The Labute approximate surface area is 123 Å². The van der Waals surface area contributed by atoms with Gasteiger partial charge in [-0.05, 0) is 63.6 Å². The molecule has 0 spiro atoms. The summed E-state index contributed by atoms with van der Waals surface area (Å²) in [4.78, 5) is 4.35. The van der Waals surface area contributed by atoms with Gasteiger partial charge in [-0.1, -0.05) is 13.3 Å². The number of ether oxygens (including phenoxy) is 1. The number of pyridine rings is 1. The molecular weight excluding hydrogens is 248 g/mol. The summed E-state index contributed by atoms with van der Waals surface area (Å²) in [6.45, 7) is 7.46. The second-order valence-corrected chi connectivity index (χ2v) is 6.14. The predicted octanol–water partition coefficient (Wildman–Crippen LogP) is 3.89. The monoisotopic (exact) mass is 276 g/mol. The fourth-order valence-electron chi connectivity index (χ4n) is 3.02. The van der Waals surface area contributed by atoms with Gasteiger partial charge in [0.25, 0.3) is 0 Å². The highest BCUT2D eigenvalue weighted by atomic mass is 16.5. The molecule has 0 bridgehead atoms. The second-order valence-electron chi connectivity index (χ2n) is 6.14. The summed E-state index contributed by atoms with van der Waals surface area (Å²) >= 11 is 0. The zero-order valence-corrected chi connectivity index (χ0v) is 13.1. The lowest BCUT2D eigenvalue weighted by Gasteiger charge is -2.30. The van der Waals surface area contributed by atoms with Gasteiger partial charge in [-0.15, -0.1) is 0 Å². The third kappa shape index (κ3) is 4.48. The first-order chi connectivity index (χ1) is 9.69. The zero-order chi connectivity index (χ0) is 14.4. The van der Waals surface area contributed by atoms with Crippen molar-refractivity contribution >= 4 is 0 Å². The Morgan fingerprint density at radius 1 is 1.35 bits per heavy atom. The molecule has 1 heterocycles. The van der Waals surface area contributed by atoms with Crippen LogP contribution in [0.2, 0.25) is 0 Å². The lowest BCUT2D eigenvalue weighted by atomic mass is 9.82. The molecule has 1 aliphatic rings. The first kappa shape index (κ1) is 15.3. The molecule has 0 aromatic carbocycles. The van der Waals surface area contributed by atoms with E-state index in [0.29, 0.717) is 12.0 Å². The van der Waals surface area contributed by atoms with Crippen molar-refractivity contribution in [1.29, 1.82) is 0 Å². The minimum Gasteiger partial charge on any atom is -0.489 e. The van der Waals surface area contributed by atoms with Crippen molar-refractivity contribution in [1.82, 2.24) is 10.3 Å². The molecule has 1 aromatic heterocycles. The maximum Gasteiger partial charge on any atom is 0.138 e. The predicted molar refractivity (Wildman–Crippen MR) is 83.3 cm³/mol. The van der Waals surface area contributed by atoms with Crippen molar-refractivity contribution in [2.75, 3.05) is 6.54 Å². The van der Waals surface area contributed by atoms with Crippen molar-refractivity contribution in [3.63, 3.8) is 0 Å². The van der Waals surface area contributed by atoms with E-state index in [1.807, 2.05) is 12.4 Å². The molecule has 1 aliphatic carbocycles. The summed E-state index contributed by atoms with van der Waals surface area (Å²) < 4.78 is 5.76. The molecule has 0 saturated heterocycles. The van der Waals surface area contributed by atoms with Crippen LogP contribution in [-0.2, 0) is 0 Å². The Kier molecular flexibility index (Phi) is 5.84. The first-order valence-corrected chi connectivity index (χ1v) is 8.04. The molecule has 3 nitrogen and oxygen atoms in total. The molecule has 0 aliphatic heterocycles. The highest BCUT2D eigenvalue weighted by Crippen LogP contribution is 2.33. The van der Waals surface area contributed by atoms with Crippen LogP contribution in [0.1, 0.15) is 64.4 Å². The molecule has 112 valence electrons. The molecule has 3 heteroatoms. The van der Waals surface area contributed by atoms with Crippen LogP contribution < -0.4 is 10.1 Å². The van der Waals surface area contributed by atoms with E-state index in [2.05, 4.69) is 37.1 Å². The van der Waals surface area contributed by atoms with Gasteiger partial charge in [-0.2, -0.15) is 0 Å². The quantitative estimate of drug-likeness (QED) is 0.855. The largest absolute Gasteiger partial charge is 0.489 e. The van der Waals surface area contributed by atoms with Crippen LogP contribution >= 0.6 is 0 Å². The van der Waals surface area contributed by atoms with E-state index in [4.69, 9.17) is 4.74 Å². The highest BCUT2D eigenvalue weighted by molar-refractivity contribution is 5.27. The summed E-state index contributed by atoms with van der Waals surface area (Å²) in [6.07, 6.45) is 10.4. The standard InChI is InChI=1S/C17H28N2O/c1-4-8-19-16-7-5-6-14(9-16)15-10-17(12-18-11-15)20-13(2)3/h10-14,16,19H,4-9H2,1-3H3. The molecule has 20 heavy (non-hydrogen) atoms. The molecule has 1 fully saturated rings. The van der Waals surface area contributed by atoms with Crippen LogP contribution in [0.3, 0.4) is 0 Å². The van der Waals surface area contributed by atoms with Gasteiger partial charge in [0, 0.05) is 12.2 Å². The van der Waals surface area contributed by atoms with Crippen molar-refractivity contribution in [2.45, 2.75) is 70.9 Å². The van der Waals surface area contributed by atoms with Crippen LogP contribution in [0.4, 0.5) is 0 Å². The number of rotatable bonds is 6. The molecular formula is C17H28N2O. The summed E-state index contributed by atoms with van der Waals surface area (Å²) in [5.41, 5.74) is 1.34. The van der Waals surface area contributed by atoms with Crippen molar-refractivity contribution < 1.29 is 4.74 Å². The van der Waals surface area contributed by atoms with E-state index in [-0.39, 0.29) is 6.10 Å². The number of hydrogen-bond donors (Lipinski definition) is 1. The average molecular weight is 276 g/mol. The van der Waals surface area contributed by atoms with Crippen LogP contribution in [0.5, 0.6) is 5.75 Å². The third-order valence-electron chi connectivity index (χ3n) is 3.93. The normalized spacial score (nSPS) is 23.0. The number of nitrogens with zero attached hydrogens (tertiary/aromatic N) is 1. The smallest absolute Gasteiger partial charge is 0.138 e. The summed E-state index contributed by atoms with van der Waals surface area (Å²) in [7, 11) is 0. The number of hydrogen-bond acceptors (Lipinski definition) is 3. The fourth-order valence-corrected chi connectivity index (χ4v) is 3.02. The fraction of sp³-hybridized carbons (Fsp3) is 0.706. The maximum atomic E-state index is 5.76. The van der Waals surface area contributed by atoms with Crippen molar-refractivity contribution in [2.24, 2.45) is 0 Å². The van der Waals surface area contributed by atoms with Crippen LogP contribution in [0.15, 0.2) is 18.5 Å². The average Bonchev–Trinajstić information content (AvgIpc) is 2.45. The molecule has 0 radical (unpaired) electrons. The molecule has 0 amide bonds. The van der Waals surface area contributed by atoms with Gasteiger partial charge in [0.1, 0.15) is 5.75 Å². The van der Waals surface area contributed by atoms with Crippen LogP contribution in [-0.4, -0.2) is 23.7 Å². The van der Waals surface area contributed by atoms with Crippen molar-refractivity contribution in [3.8, 4) is 5.75 Å². The van der Waals surface area contributed by atoms with Gasteiger partial charge in [-0.3, -0.25) is 4.98 Å². The van der Waals surface area contributed by atoms with Gasteiger partial charge < -0.3 is 10.1 Å². The Hall–Kier alpha value is -1.09. The van der Waals surface area contributed by atoms with E-state index < -0.39 is 0 Å². The highest BCUT2D eigenvalue weighted by Gasteiger charge is 2.23. The third-order valence-corrected chi connectivity index (χ3v) is 3.93. The lowest BCUT2D eigenvalue weighted by Crippen LogP contribution is -2.34. The molecule has 2 rings (SSSR count). The zero-order valence-electron chi connectivity index (χ0n) is 13.1. The van der Waals surface area contributed by atoms with Gasteiger partial charge in [0.2, 0.25) is 0 Å². The Balaban J connectivity index is 1.99. The molecule has 1 saturated carbocycles. The van der Waals surface area contributed by atoms with Crippen molar-refractivity contribution in [3.05, 3.63) is 24.0 Å². The molecule has 2 unspecified atom stereocenters. The number of aromatic nitrogens is 1. The SMILES string of the molecule is CCCNC1CCCC(c2cncc(OC(C)C)c2)C1. The molecule has 2 atom stereocenters. The van der Waals surface area contributed by atoms with Gasteiger partial charge in [-0.25, -0.2) is 0 Å². The summed E-state index contributed by atoms with van der Waals surface area (Å²) in [5.74, 6) is 1.53. The summed E-state index contributed by atoms with van der Waals surface area (Å²) in [6, 6.07) is 2.85. The first-order valence-electron chi connectivity index (χ1n) is 8.04. The molecule has 1 aromatic rings. The van der Waals surface area contributed by atoms with Crippen LogP contribution in [0, 0.1) is 0 Å². The Morgan fingerprint density at radius 2 is 2.20 bits per heavy atom. The Bertz CT molecular complexity index is 406. The summed E-state index contributed by atoms with van der Waals surface area (Å²) in [5, 5.41) is 3.67. The van der Waals surface area contributed by atoms with E-state index in [9.17, 15) is 0 Å². The van der Waals surface area contributed by atoms with Gasteiger partial charge in [0.15, 0.2) is 0 Å². The van der Waals surface area contributed by atoms with E-state index in [0.717, 1.165) is 12.3 Å². The Morgan fingerprint density at radius 3 is 2.95 bits per heavy atom. The minimum absolute atomic E-state index is 0.206. The maximum absolute atomic E-state index is 5.76. The topological polar surface area (TPSA) is 34.2 Å². The lowest BCUT2D eigenvalue weighted by molar-refractivity contribution is 0.240. The number of nitrogens with one attached hydrogen (secondary N) is 1. The van der Waals surface area contributed by atoms with E-state index in [1.54, 1.807) is 0 Å². The second kappa shape index (κ2) is 7.63. The molecule has 1 N–H and O–H groups in total. The van der Waals surface area contributed by atoms with E-state index >= 15 is 0 Å². The van der Waals surface area contributed by atoms with Gasteiger partial charge in [0.05, 0.1) is 12.3 Å². The van der Waals surface area contributed by atoms with Gasteiger partial charge >= 0.3 is 0 Å². The minimum atomic E-state index is 0.206. The van der Waals surface area contributed by atoms with E-state index in [1.165, 1.54) is 37.7 Å².